The number of aliphatic hydroxyl groups is 1. The lowest BCUT2D eigenvalue weighted by atomic mass is 10.0. The zero-order valence-electron chi connectivity index (χ0n) is 19.2. The van der Waals surface area contributed by atoms with Crippen LogP contribution in [-0.2, 0) is 19.2 Å². The summed E-state index contributed by atoms with van der Waals surface area (Å²) in [5.41, 5.74) is 10.6. The normalized spacial score (nSPS) is 18.1. The molecule has 0 aliphatic carbocycles. The van der Waals surface area contributed by atoms with Gasteiger partial charge in [-0.05, 0) is 44.6 Å². The van der Waals surface area contributed by atoms with Crippen molar-refractivity contribution in [3.05, 3.63) is 0 Å². The Labute approximate surface area is 193 Å². The van der Waals surface area contributed by atoms with Gasteiger partial charge in [-0.25, -0.2) is 4.79 Å². The van der Waals surface area contributed by atoms with E-state index in [9.17, 15) is 29.4 Å². The summed E-state index contributed by atoms with van der Waals surface area (Å²) in [6.07, 6.45) is 2.08. The molecular formula is C20H37N7O6. The number of nitrogens with two attached hydrogens (primary N) is 2. The Hall–Kier alpha value is -2.93. The third kappa shape index (κ3) is 10.5. The molecule has 1 rings (SSSR count). The number of amides is 3. The Morgan fingerprint density at radius 2 is 1.70 bits per heavy atom. The largest absolute Gasteiger partial charge is 0.480 e. The molecule has 3 amide bonds. The maximum absolute atomic E-state index is 12.8. The zero-order chi connectivity index (χ0) is 25.0. The summed E-state index contributed by atoms with van der Waals surface area (Å²) in [5.74, 6) is -3.17. The van der Waals surface area contributed by atoms with Crippen LogP contribution in [0.5, 0.6) is 0 Å². The number of carbonyl (C=O) groups excluding carboxylic acids is 3. The summed E-state index contributed by atoms with van der Waals surface area (Å²) in [5, 5.41) is 29.4. The lowest BCUT2D eigenvalue weighted by Gasteiger charge is -2.25. The number of carboxylic acids is 1. The van der Waals surface area contributed by atoms with Crippen LogP contribution >= 0.6 is 0 Å². The van der Waals surface area contributed by atoms with Crippen LogP contribution in [0.2, 0.25) is 0 Å². The van der Waals surface area contributed by atoms with Gasteiger partial charge in [0.15, 0.2) is 5.96 Å². The number of nitrogens with one attached hydrogen (secondary N) is 4. The van der Waals surface area contributed by atoms with Crippen LogP contribution in [0.4, 0.5) is 0 Å². The molecule has 1 aliphatic heterocycles. The number of carboxylic acid groups (broad SMARTS) is 1. The first-order valence-corrected chi connectivity index (χ1v) is 11.1. The Morgan fingerprint density at radius 1 is 1.06 bits per heavy atom. The smallest absolute Gasteiger partial charge is 0.326 e. The lowest BCUT2D eigenvalue weighted by Crippen LogP contribution is -2.58. The first-order valence-electron chi connectivity index (χ1n) is 11.1. The van der Waals surface area contributed by atoms with E-state index in [-0.39, 0.29) is 31.3 Å². The molecular weight excluding hydrogens is 434 g/mol. The number of aliphatic hydroxyl groups excluding tert-OH is 1. The molecule has 13 nitrogen and oxygen atoms in total. The van der Waals surface area contributed by atoms with Crippen LogP contribution in [0, 0.1) is 5.92 Å². The van der Waals surface area contributed by atoms with E-state index in [2.05, 4.69) is 26.3 Å². The fourth-order valence-corrected chi connectivity index (χ4v) is 3.38. The second kappa shape index (κ2) is 14.3. The Balaban J connectivity index is 2.85. The van der Waals surface area contributed by atoms with Gasteiger partial charge >= 0.3 is 5.97 Å². The van der Waals surface area contributed by atoms with Crippen molar-refractivity contribution in [1.29, 1.82) is 0 Å². The van der Waals surface area contributed by atoms with Crippen molar-refractivity contribution in [2.75, 3.05) is 19.7 Å². The summed E-state index contributed by atoms with van der Waals surface area (Å²) in [6.45, 7) is 3.86. The van der Waals surface area contributed by atoms with Crippen molar-refractivity contribution in [3.63, 3.8) is 0 Å². The van der Waals surface area contributed by atoms with Gasteiger partial charge in [0, 0.05) is 6.54 Å². The van der Waals surface area contributed by atoms with E-state index in [1.807, 2.05) is 13.8 Å². The van der Waals surface area contributed by atoms with Crippen molar-refractivity contribution >= 4 is 29.7 Å². The summed E-state index contributed by atoms with van der Waals surface area (Å²) in [6, 6.07) is -3.95. The van der Waals surface area contributed by atoms with E-state index in [1.54, 1.807) is 0 Å². The van der Waals surface area contributed by atoms with Crippen molar-refractivity contribution in [2.45, 2.75) is 70.1 Å². The first kappa shape index (κ1) is 28.1. The summed E-state index contributed by atoms with van der Waals surface area (Å²) in [7, 11) is 0. The molecule has 0 radical (unpaired) electrons. The second-order valence-electron chi connectivity index (χ2n) is 8.43. The fraction of sp³-hybridized carbons (Fsp3) is 0.750. The van der Waals surface area contributed by atoms with Crippen LogP contribution in [-0.4, -0.2) is 83.7 Å². The minimum absolute atomic E-state index is 0.0134. The van der Waals surface area contributed by atoms with Crippen molar-refractivity contribution < 1.29 is 29.4 Å². The minimum Gasteiger partial charge on any atom is -0.480 e. The van der Waals surface area contributed by atoms with Gasteiger partial charge in [0.2, 0.25) is 17.7 Å². The molecule has 0 saturated carbocycles. The Kier molecular flexibility index (Phi) is 12.1. The molecule has 33 heavy (non-hydrogen) atoms. The van der Waals surface area contributed by atoms with E-state index < -0.39 is 54.5 Å². The standard InChI is InChI=1S/C20H37N7O6/c1-11(2)9-14(19(32)33)26-17(30)13(6-4-8-24-20(21)22)25-18(31)15(10-28)27-16(29)12-5-3-7-23-12/h11-15,23,28H,3-10H2,1-2H3,(H,25,31)(H,26,30)(H,27,29)(H,32,33)(H4,21,22,24). The molecule has 1 fully saturated rings. The number of aliphatic imine (C=N–C) groups is 1. The number of aliphatic carboxylic acids is 1. The predicted octanol–water partition coefficient (Wildman–Crippen LogP) is -2.63. The topological polar surface area (TPSA) is 221 Å². The molecule has 0 spiro atoms. The highest BCUT2D eigenvalue weighted by Gasteiger charge is 2.31. The molecule has 0 aromatic carbocycles. The van der Waals surface area contributed by atoms with Gasteiger partial charge in [-0.1, -0.05) is 13.8 Å². The highest BCUT2D eigenvalue weighted by atomic mass is 16.4. The first-order chi connectivity index (χ1) is 15.5. The van der Waals surface area contributed by atoms with E-state index in [4.69, 9.17) is 11.5 Å². The molecule has 1 aliphatic rings. The fourth-order valence-electron chi connectivity index (χ4n) is 3.38. The molecule has 1 heterocycles. The van der Waals surface area contributed by atoms with Gasteiger partial charge in [0.25, 0.3) is 0 Å². The van der Waals surface area contributed by atoms with Gasteiger partial charge in [0.1, 0.15) is 18.1 Å². The molecule has 4 unspecified atom stereocenters. The van der Waals surface area contributed by atoms with Gasteiger partial charge in [-0.15, -0.1) is 0 Å². The van der Waals surface area contributed by atoms with E-state index >= 15 is 0 Å². The maximum atomic E-state index is 12.8. The van der Waals surface area contributed by atoms with Crippen LogP contribution in [0.3, 0.4) is 0 Å². The average molecular weight is 472 g/mol. The summed E-state index contributed by atoms with van der Waals surface area (Å²) < 4.78 is 0. The van der Waals surface area contributed by atoms with E-state index in [0.29, 0.717) is 19.4 Å². The highest BCUT2D eigenvalue weighted by Crippen LogP contribution is 2.08. The van der Waals surface area contributed by atoms with Crippen LogP contribution in [0.15, 0.2) is 4.99 Å². The van der Waals surface area contributed by atoms with Crippen molar-refractivity contribution in [2.24, 2.45) is 22.4 Å². The third-order valence-electron chi connectivity index (χ3n) is 5.09. The van der Waals surface area contributed by atoms with Crippen LogP contribution in [0.1, 0.15) is 46.0 Å². The number of guanidine groups is 1. The molecule has 188 valence electrons. The molecule has 1 saturated heterocycles. The number of hydrogen-bond donors (Lipinski definition) is 8. The monoisotopic (exact) mass is 471 g/mol. The molecule has 10 N–H and O–H groups in total. The van der Waals surface area contributed by atoms with Gasteiger partial charge < -0.3 is 42.9 Å². The average Bonchev–Trinajstić information content (AvgIpc) is 3.27. The molecule has 4 atom stereocenters. The van der Waals surface area contributed by atoms with Crippen molar-refractivity contribution in [3.8, 4) is 0 Å². The minimum atomic E-state index is -1.26. The van der Waals surface area contributed by atoms with Crippen LogP contribution in [0.25, 0.3) is 0 Å². The number of nitrogens with zero attached hydrogens (tertiary/aromatic N) is 1. The van der Waals surface area contributed by atoms with Crippen molar-refractivity contribution in [1.82, 2.24) is 21.3 Å². The zero-order valence-corrected chi connectivity index (χ0v) is 19.2. The lowest BCUT2D eigenvalue weighted by molar-refractivity contribution is -0.143. The molecule has 0 aromatic heterocycles. The van der Waals surface area contributed by atoms with Crippen LogP contribution < -0.4 is 32.7 Å². The van der Waals surface area contributed by atoms with Gasteiger partial charge in [0.05, 0.1) is 12.6 Å². The molecule has 0 bridgehead atoms. The Morgan fingerprint density at radius 3 is 2.21 bits per heavy atom. The maximum Gasteiger partial charge on any atom is 0.326 e. The van der Waals surface area contributed by atoms with Gasteiger partial charge in [-0.2, -0.15) is 0 Å². The van der Waals surface area contributed by atoms with Gasteiger partial charge in [-0.3, -0.25) is 19.4 Å². The molecule has 13 heteroatoms. The summed E-state index contributed by atoms with van der Waals surface area (Å²) in [4.78, 5) is 53.2. The molecule has 0 aromatic rings. The summed E-state index contributed by atoms with van der Waals surface area (Å²) >= 11 is 0. The predicted molar refractivity (Wildman–Crippen MR) is 121 cm³/mol. The van der Waals surface area contributed by atoms with E-state index in [0.717, 1.165) is 6.42 Å². The highest BCUT2D eigenvalue weighted by molar-refractivity contribution is 5.94. The number of carbonyl (C=O) groups is 4. The Bertz CT molecular complexity index is 705. The van der Waals surface area contributed by atoms with E-state index in [1.165, 1.54) is 0 Å². The number of hydrogen-bond acceptors (Lipinski definition) is 7. The number of rotatable bonds is 14. The SMILES string of the molecule is CC(C)CC(NC(=O)C(CCCN=C(N)N)NC(=O)C(CO)NC(=O)C1CCCN1)C(=O)O. The second-order valence-corrected chi connectivity index (χ2v) is 8.43. The quantitative estimate of drug-likeness (QED) is 0.0752. The third-order valence-corrected chi connectivity index (χ3v) is 5.09.